The monoisotopic (exact) mass is 245 g/mol. The summed E-state index contributed by atoms with van der Waals surface area (Å²) >= 11 is 1.36. The van der Waals surface area contributed by atoms with Crippen molar-refractivity contribution < 1.29 is 8.78 Å². The minimum atomic E-state index is -0.389. The van der Waals surface area contributed by atoms with E-state index in [0.717, 1.165) is 24.7 Å². The van der Waals surface area contributed by atoms with Crippen molar-refractivity contribution in [1.29, 1.82) is 0 Å². The van der Waals surface area contributed by atoms with Gasteiger partial charge in [0.1, 0.15) is 11.6 Å². The molecular weight excluding hydrogens is 228 g/mol. The third kappa shape index (κ3) is 4.10. The van der Waals surface area contributed by atoms with Gasteiger partial charge in [-0.25, -0.2) is 8.78 Å². The summed E-state index contributed by atoms with van der Waals surface area (Å²) in [6.45, 7) is 2.11. The van der Waals surface area contributed by atoms with E-state index in [1.54, 1.807) is 0 Å². The summed E-state index contributed by atoms with van der Waals surface area (Å²) in [4.78, 5) is 0.386. The largest absolute Gasteiger partial charge is 0.316 e. The Balaban J connectivity index is 2.55. The van der Waals surface area contributed by atoms with Gasteiger partial charge in [0.05, 0.1) is 0 Å². The zero-order valence-corrected chi connectivity index (χ0v) is 10.4. The molecule has 0 saturated carbocycles. The summed E-state index contributed by atoms with van der Waals surface area (Å²) in [5.41, 5.74) is 0. The lowest BCUT2D eigenvalue weighted by molar-refractivity contribution is 0.561. The van der Waals surface area contributed by atoms with E-state index in [-0.39, 0.29) is 11.6 Å². The predicted octanol–water partition coefficient (Wildman–Crippen LogP) is 3.45. The molecule has 0 aliphatic heterocycles. The zero-order chi connectivity index (χ0) is 12.0. The van der Waals surface area contributed by atoms with E-state index in [1.807, 2.05) is 7.05 Å². The van der Waals surface area contributed by atoms with Gasteiger partial charge in [-0.2, -0.15) is 0 Å². The van der Waals surface area contributed by atoms with Gasteiger partial charge in [-0.05, 0) is 31.7 Å². The first-order chi connectivity index (χ1) is 7.67. The van der Waals surface area contributed by atoms with Gasteiger partial charge in [0.15, 0.2) is 0 Å². The fraction of sp³-hybridized carbons (Fsp3) is 0.500. The average molecular weight is 245 g/mol. The Hall–Kier alpha value is -0.610. The van der Waals surface area contributed by atoms with Crippen molar-refractivity contribution in [2.75, 3.05) is 12.8 Å². The molecular formula is C12H17F2NS. The van der Waals surface area contributed by atoms with E-state index in [9.17, 15) is 8.78 Å². The second-order valence-corrected chi connectivity index (χ2v) is 4.72. The molecule has 1 rings (SSSR count). The van der Waals surface area contributed by atoms with Crippen LogP contribution in [-0.2, 0) is 0 Å². The number of nitrogens with one attached hydrogen (secondary N) is 1. The summed E-state index contributed by atoms with van der Waals surface area (Å²) in [7, 11) is 1.89. The van der Waals surface area contributed by atoms with Crippen LogP contribution < -0.4 is 5.32 Å². The van der Waals surface area contributed by atoms with Gasteiger partial charge in [-0.15, -0.1) is 11.8 Å². The van der Waals surface area contributed by atoms with Crippen molar-refractivity contribution in [2.45, 2.75) is 30.7 Å². The van der Waals surface area contributed by atoms with Crippen LogP contribution in [0.2, 0.25) is 0 Å². The molecule has 90 valence electrons. The Labute approximate surface area is 99.6 Å². The average Bonchev–Trinajstić information content (AvgIpc) is 2.28. The standard InChI is InChI=1S/C12H17F2NS/c1-3-4-10(15-2)8-16-12-7-9(13)5-6-11(12)14/h5-7,10,15H,3-4,8H2,1-2H3. The predicted molar refractivity (Wildman–Crippen MR) is 64.8 cm³/mol. The van der Waals surface area contributed by atoms with Crippen molar-refractivity contribution in [3.63, 3.8) is 0 Å². The Morgan fingerprint density at radius 2 is 2.12 bits per heavy atom. The molecule has 0 heterocycles. The zero-order valence-electron chi connectivity index (χ0n) is 9.59. The highest BCUT2D eigenvalue weighted by atomic mass is 32.2. The molecule has 0 radical (unpaired) electrons. The van der Waals surface area contributed by atoms with Crippen molar-refractivity contribution in [3.8, 4) is 0 Å². The molecule has 0 spiro atoms. The van der Waals surface area contributed by atoms with Crippen LogP contribution in [0.3, 0.4) is 0 Å². The molecule has 0 aromatic heterocycles. The minimum absolute atomic E-state index is 0.345. The molecule has 0 aliphatic carbocycles. The molecule has 1 N–H and O–H groups in total. The number of hydrogen-bond acceptors (Lipinski definition) is 2. The summed E-state index contributed by atoms with van der Waals surface area (Å²) in [6.07, 6.45) is 2.12. The van der Waals surface area contributed by atoms with Crippen LogP contribution in [0.15, 0.2) is 23.1 Å². The van der Waals surface area contributed by atoms with Crippen LogP contribution in [0.25, 0.3) is 0 Å². The number of halogens is 2. The number of rotatable bonds is 6. The lowest BCUT2D eigenvalue weighted by atomic mass is 10.2. The SMILES string of the molecule is CCCC(CSc1cc(F)ccc1F)NC. The van der Waals surface area contributed by atoms with E-state index in [1.165, 1.54) is 23.9 Å². The second-order valence-electron chi connectivity index (χ2n) is 3.66. The molecule has 1 aromatic rings. The maximum atomic E-state index is 13.3. The Kier molecular flexibility index (Phi) is 5.77. The van der Waals surface area contributed by atoms with E-state index >= 15 is 0 Å². The maximum absolute atomic E-state index is 13.3. The molecule has 1 nitrogen and oxygen atoms in total. The molecule has 0 saturated heterocycles. The summed E-state index contributed by atoms with van der Waals surface area (Å²) in [6, 6.07) is 3.91. The van der Waals surface area contributed by atoms with Gasteiger partial charge in [0, 0.05) is 16.7 Å². The maximum Gasteiger partial charge on any atom is 0.136 e. The first-order valence-corrected chi connectivity index (χ1v) is 6.41. The fourth-order valence-electron chi connectivity index (χ4n) is 1.44. The van der Waals surface area contributed by atoms with Crippen LogP contribution >= 0.6 is 11.8 Å². The molecule has 0 amide bonds. The molecule has 4 heteroatoms. The molecule has 0 fully saturated rings. The molecule has 0 bridgehead atoms. The molecule has 1 aromatic carbocycles. The van der Waals surface area contributed by atoms with Gasteiger partial charge >= 0.3 is 0 Å². The van der Waals surface area contributed by atoms with Gasteiger partial charge in [0.25, 0.3) is 0 Å². The highest BCUT2D eigenvalue weighted by molar-refractivity contribution is 7.99. The third-order valence-corrected chi connectivity index (χ3v) is 3.57. The molecule has 0 aliphatic rings. The summed E-state index contributed by atoms with van der Waals surface area (Å²) in [5, 5.41) is 3.17. The minimum Gasteiger partial charge on any atom is -0.316 e. The number of thioether (sulfide) groups is 1. The fourth-order valence-corrected chi connectivity index (χ4v) is 2.55. The van der Waals surface area contributed by atoms with E-state index in [0.29, 0.717) is 10.9 Å². The van der Waals surface area contributed by atoms with Crippen LogP contribution in [-0.4, -0.2) is 18.8 Å². The number of benzene rings is 1. The Bertz CT molecular complexity index is 331. The van der Waals surface area contributed by atoms with Crippen molar-refractivity contribution >= 4 is 11.8 Å². The van der Waals surface area contributed by atoms with Gasteiger partial charge < -0.3 is 5.32 Å². The van der Waals surface area contributed by atoms with Gasteiger partial charge in [0.2, 0.25) is 0 Å². The van der Waals surface area contributed by atoms with Crippen LogP contribution in [0.4, 0.5) is 8.78 Å². The second kappa shape index (κ2) is 6.86. The smallest absolute Gasteiger partial charge is 0.136 e. The van der Waals surface area contributed by atoms with Gasteiger partial charge in [-0.3, -0.25) is 0 Å². The van der Waals surface area contributed by atoms with Crippen molar-refractivity contribution in [2.24, 2.45) is 0 Å². The van der Waals surface area contributed by atoms with E-state index < -0.39 is 0 Å². The summed E-state index contributed by atoms with van der Waals surface area (Å²) < 4.78 is 26.2. The highest BCUT2D eigenvalue weighted by Crippen LogP contribution is 2.23. The number of hydrogen-bond donors (Lipinski definition) is 1. The summed E-state index contributed by atoms with van der Waals surface area (Å²) in [5.74, 6) is 0.0169. The molecule has 1 atom stereocenters. The quantitative estimate of drug-likeness (QED) is 0.770. The Morgan fingerprint density at radius 3 is 2.75 bits per heavy atom. The molecule has 1 unspecified atom stereocenters. The molecule has 16 heavy (non-hydrogen) atoms. The first kappa shape index (κ1) is 13.5. The topological polar surface area (TPSA) is 12.0 Å². The van der Waals surface area contributed by atoms with Crippen molar-refractivity contribution in [3.05, 3.63) is 29.8 Å². The lowest BCUT2D eigenvalue weighted by Crippen LogP contribution is -2.27. The Morgan fingerprint density at radius 1 is 1.38 bits per heavy atom. The van der Waals surface area contributed by atoms with E-state index in [2.05, 4.69) is 12.2 Å². The normalized spacial score (nSPS) is 12.8. The van der Waals surface area contributed by atoms with Crippen molar-refractivity contribution in [1.82, 2.24) is 5.32 Å². The van der Waals surface area contributed by atoms with Crippen LogP contribution in [0, 0.1) is 11.6 Å². The third-order valence-electron chi connectivity index (χ3n) is 2.38. The lowest BCUT2D eigenvalue weighted by Gasteiger charge is -2.14. The van der Waals surface area contributed by atoms with E-state index in [4.69, 9.17) is 0 Å². The van der Waals surface area contributed by atoms with Gasteiger partial charge in [-0.1, -0.05) is 13.3 Å². The highest BCUT2D eigenvalue weighted by Gasteiger charge is 2.09. The van der Waals surface area contributed by atoms with Crippen LogP contribution in [0.1, 0.15) is 19.8 Å². The first-order valence-electron chi connectivity index (χ1n) is 5.42. The van der Waals surface area contributed by atoms with Crippen LogP contribution in [0.5, 0.6) is 0 Å².